The first kappa shape index (κ1) is 17.1. The number of esters is 2. The molecule has 0 saturated heterocycles. The van der Waals surface area contributed by atoms with Crippen LogP contribution in [0.3, 0.4) is 0 Å². The zero-order chi connectivity index (χ0) is 17.8. The van der Waals surface area contributed by atoms with Crippen LogP contribution in [0.1, 0.15) is 37.1 Å². The minimum absolute atomic E-state index is 0.263. The van der Waals surface area contributed by atoms with Crippen molar-refractivity contribution in [3.8, 4) is 0 Å². The molecule has 0 saturated carbocycles. The van der Waals surface area contributed by atoms with Crippen LogP contribution in [0.15, 0.2) is 48.7 Å². The summed E-state index contributed by atoms with van der Waals surface area (Å²) < 4.78 is 12.5. The van der Waals surface area contributed by atoms with Crippen LogP contribution in [0.25, 0.3) is 0 Å². The summed E-state index contributed by atoms with van der Waals surface area (Å²) in [7, 11) is 0. The Bertz CT molecular complexity index is 759. The first-order valence-corrected chi connectivity index (χ1v) is 8.48. The van der Waals surface area contributed by atoms with Gasteiger partial charge in [0.05, 0.1) is 19.4 Å². The predicted molar refractivity (Wildman–Crippen MR) is 89.6 cm³/mol. The second-order valence-corrected chi connectivity index (χ2v) is 5.82. The van der Waals surface area contributed by atoms with E-state index in [4.69, 9.17) is 9.47 Å². The first-order valence-electron chi connectivity index (χ1n) is 8.48. The predicted octanol–water partition coefficient (Wildman–Crippen LogP) is 2.20. The minimum atomic E-state index is -0.696. The summed E-state index contributed by atoms with van der Waals surface area (Å²) in [6.07, 6.45) is 1.78. The Morgan fingerprint density at radius 3 is 2.40 bits per heavy atom. The van der Waals surface area contributed by atoms with Gasteiger partial charge in [0.15, 0.2) is 6.04 Å². The minimum Gasteiger partial charge on any atom is -0.466 e. The van der Waals surface area contributed by atoms with Crippen LogP contribution in [-0.2, 0) is 19.1 Å². The number of hydrogen-bond acceptors (Lipinski definition) is 4. The molecular weight excluding hydrogens is 318 g/mol. The van der Waals surface area contributed by atoms with Gasteiger partial charge in [0.25, 0.3) is 0 Å². The number of ether oxygens (including phenoxy) is 2. The molecule has 3 rings (SSSR count). The molecule has 0 aliphatic carbocycles. The lowest BCUT2D eigenvalue weighted by Gasteiger charge is -2.18. The molecule has 1 aromatic carbocycles. The Hall–Kier alpha value is -2.69. The maximum atomic E-state index is 12.8. The third-order valence-electron chi connectivity index (χ3n) is 4.42. The van der Waals surface area contributed by atoms with Gasteiger partial charge >= 0.3 is 11.9 Å². The average Bonchev–Trinajstić information content (AvgIpc) is 2.98. The molecule has 2 heterocycles. The highest BCUT2D eigenvalue weighted by atomic mass is 16.5. The van der Waals surface area contributed by atoms with Crippen molar-refractivity contribution in [2.24, 2.45) is 5.92 Å². The van der Waals surface area contributed by atoms with Gasteiger partial charge in [0, 0.05) is 5.56 Å². The Morgan fingerprint density at radius 1 is 1.04 bits per heavy atom. The lowest BCUT2D eigenvalue weighted by atomic mass is 9.85. The van der Waals surface area contributed by atoms with Gasteiger partial charge in [-0.15, -0.1) is 6.07 Å². The summed E-state index contributed by atoms with van der Waals surface area (Å²) >= 11 is 0. The number of fused-ring (bicyclic) bond motifs is 1. The fraction of sp³-hybridized carbons (Fsp3) is 0.350. The lowest BCUT2D eigenvalue weighted by molar-refractivity contribution is -0.710. The topological polar surface area (TPSA) is 56.5 Å². The molecular formula is C20H21NO4. The van der Waals surface area contributed by atoms with Gasteiger partial charge in [-0.1, -0.05) is 30.3 Å². The molecule has 5 nitrogen and oxygen atoms in total. The van der Waals surface area contributed by atoms with Crippen molar-refractivity contribution in [2.75, 3.05) is 13.2 Å². The number of hydrogen-bond donors (Lipinski definition) is 0. The fourth-order valence-corrected chi connectivity index (χ4v) is 3.48. The second kappa shape index (κ2) is 7.47. The van der Waals surface area contributed by atoms with Gasteiger partial charge in [-0.25, -0.2) is 10.6 Å². The number of aromatic nitrogens is 1. The van der Waals surface area contributed by atoms with Crippen molar-refractivity contribution in [2.45, 2.75) is 25.8 Å². The van der Waals surface area contributed by atoms with Gasteiger partial charge < -0.3 is 9.47 Å². The molecule has 0 bridgehead atoms. The molecule has 130 valence electrons. The molecule has 0 spiro atoms. The fourth-order valence-electron chi connectivity index (χ4n) is 3.48. The monoisotopic (exact) mass is 339 g/mol. The molecule has 0 fully saturated rings. The van der Waals surface area contributed by atoms with Crippen LogP contribution >= 0.6 is 0 Å². The van der Waals surface area contributed by atoms with E-state index >= 15 is 0 Å². The van der Waals surface area contributed by atoms with Crippen molar-refractivity contribution in [3.05, 3.63) is 66.0 Å². The quantitative estimate of drug-likeness (QED) is 0.476. The van der Waals surface area contributed by atoms with Gasteiger partial charge in [-0.05, 0) is 13.8 Å². The zero-order valence-corrected chi connectivity index (χ0v) is 14.3. The molecule has 1 aliphatic rings. The Balaban J connectivity index is 2.14. The smallest absolute Gasteiger partial charge is 0.319 e. The number of pyridine rings is 1. The highest BCUT2D eigenvalue weighted by Gasteiger charge is 2.55. The van der Waals surface area contributed by atoms with E-state index in [9.17, 15) is 9.59 Å². The van der Waals surface area contributed by atoms with E-state index in [0.29, 0.717) is 0 Å². The second-order valence-electron chi connectivity index (χ2n) is 5.82. The first-order chi connectivity index (χ1) is 12.2. The normalized spacial score (nSPS) is 21.4. The summed E-state index contributed by atoms with van der Waals surface area (Å²) in [5.74, 6) is -2.16. The summed E-state index contributed by atoms with van der Waals surface area (Å²) in [4.78, 5) is 25.4. The Morgan fingerprint density at radius 2 is 1.72 bits per heavy atom. The van der Waals surface area contributed by atoms with E-state index < -0.39 is 23.8 Å². The van der Waals surface area contributed by atoms with E-state index in [1.165, 1.54) is 0 Å². The summed E-state index contributed by atoms with van der Waals surface area (Å²) in [6.45, 7) is 4.05. The van der Waals surface area contributed by atoms with Crippen LogP contribution in [0.4, 0.5) is 0 Å². The van der Waals surface area contributed by atoms with Crippen molar-refractivity contribution >= 4 is 11.9 Å². The highest BCUT2D eigenvalue weighted by Crippen LogP contribution is 2.41. The number of benzene rings is 1. The maximum Gasteiger partial charge on any atom is 0.319 e. The zero-order valence-electron chi connectivity index (χ0n) is 14.3. The lowest BCUT2D eigenvalue weighted by Crippen LogP contribution is -2.42. The number of nitrogens with zero attached hydrogens (tertiary/aromatic N) is 1. The summed E-state index contributed by atoms with van der Waals surface area (Å²) in [5.41, 5.74) is 1.68. The third-order valence-corrected chi connectivity index (χ3v) is 4.42. The molecule has 3 atom stereocenters. The van der Waals surface area contributed by atoms with Crippen LogP contribution in [0.5, 0.6) is 0 Å². The van der Waals surface area contributed by atoms with Crippen molar-refractivity contribution in [1.82, 2.24) is 0 Å². The van der Waals surface area contributed by atoms with Crippen LogP contribution < -0.4 is 4.57 Å². The van der Waals surface area contributed by atoms with Crippen molar-refractivity contribution < 1.29 is 23.6 Å². The van der Waals surface area contributed by atoms with Crippen molar-refractivity contribution in [1.29, 1.82) is 0 Å². The van der Waals surface area contributed by atoms with Gasteiger partial charge in [-0.3, -0.25) is 9.59 Å². The number of rotatable bonds is 5. The van der Waals surface area contributed by atoms with Gasteiger partial charge in [-0.2, -0.15) is 6.07 Å². The largest absolute Gasteiger partial charge is 0.466 e. The number of carbonyl (C=O) groups excluding carboxylic acids is 2. The summed E-state index contributed by atoms with van der Waals surface area (Å²) in [6, 6.07) is 15.9. The molecule has 0 N–H and O–H groups in total. The van der Waals surface area contributed by atoms with E-state index in [1.54, 1.807) is 26.1 Å². The molecule has 3 unspecified atom stereocenters. The van der Waals surface area contributed by atoms with E-state index in [2.05, 4.69) is 6.07 Å². The number of carbonyl (C=O) groups is 2. The highest BCUT2D eigenvalue weighted by molar-refractivity contribution is 5.87. The van der Waals surface area contributed by atoms with Crippen LogP contribution in [-0.4, -0.2) is 25.2 Å². The average molecular weight is 339 g/mol. The molecule has 5 heteroatoms. The van der Waals surface area contributed by atoms with E-state index in [1.807, 2.05) is 41.0 Å². The van der Waals surface area contributed by atoms with Gasteiger partial charge in [0.2, 0.25) is 0 Å². The van der Waals surface area contributed by atoms with Crippen molar-refractivity contribution in [3.63, 3.8) is 0 Å². The maximum absolute atomic E-state index is 12.8. The third kappa shape index (κ3) is 3.14. The molecule has 0 radical (unpaired) electrons. The van der Waals surface area contributed by atoms with E-state index in [-0.39, 0.29) is 19.3 Å². The molecule has 2 aromatic rings. The summed E-state index contributed by atoms with van der Waals surface area (Å²) in [5, 5.41) is 0. The standard InChI is InChI=1S/C20H21NO4/c1-3-24-19(22)16-15-12-8-9-13-21(15)18(14-10-6-5-7-11-14)17(16)20(23)25-4-2/h5-8,10-13,16-18H,3-4H2,1-2H3. The SMILES string of the molecule is CCOC(=O)C1c2cc[c-]c[n+]2C(c2ccccc2)C1C(=O)OCC. The molecule has 1 aliphatic heterocycles. The van der Waals surface area contributed by atoms with Crippen LogP contribution in [0, 0.1) is 12.0 Å². The van der Waals surface area contributed by atoms with Crippen LogP contribution in [0.2, 0.25) is 0 Å². The van der Waals surface area contributed by atoms with E-state index in [0.717, 1.165) is 11.3 Å². The Kier molecular flexibility index (Phi) is 5.12. The molecule has 1 aromatic heterocycles. The molecule has 0 amide bonds. The van der Waals surface area contributed by atoms with Gasteiger partial charge in [0.1, 0.15) is 17.5 Å². The Labute approximate surface area is 147 Å². The molecule has 25 heavy (non-hydrogen) atoms.